The molecule has 2 aromatic carbocycles. The highest BCUT2D eigenvalue weighted by atomic mass is 16.1. The van der Waals surface area contributed by atoms with Gasteiger partial charge in [0.2, 0.25) is 5.91 Å². The Morgan fingerprint density at radius 3 is 2.65 bits per heavy atom. The van der Waals surface area contributed by atoms with Crippen molar-refractivity contribution in [3.05, 3.63) is 78.6 Å². The van der Waals surface area contributed by atoms with Crippen LogP contribution in [0.4, 0.5) is 5.69 Å². The van der Waals surface area contributed by atoms with Gasteiger partial charge in [-0.05, 0) is 48.5 Å². The van der Waals surface area contributed by atoms with Crippen molar-refractivity contribution in [3.8, 4) is 0 Å². The zero-order valence-corrected chi connectivity index (χ0v) is 17.9. The smallest absolute Gasteiger partial charge is 0.243 e. The molecule has 0 spiro atoms. The van der Waals surface area contributed by atoms with Crippen LogP contribution >= 0.6 is 0 Å². The van der Waals surface area contributed by atoms with Gasteiger partial charge in [-0.15, -0.1) is 0 Å². The van der Waals surface area contributed by atoms with Gasteiger partial charge < -0.3 is 10.2 Å². The van der Waals surface area contributed by atoms with E-state index >= 15 is 0 Å². The van der Waals surface area contributed by atoms with Gasteiger partial charge >= 0.3 is 0 Å². The molecule has 3 aromatic rings. The lowest BCUT2D eigenvalue weighted by Gasteiger charge is -2.36. The molecule has 5 nitrogen and oxygen atoms in total. The highest BCUT2D eigenvalue weighted by Gasteiger charge is 2.18. The maximum atomic E-state index is 11.9. The average Bonchev–Trinajstić information content (AvgIpc) is 2.83. The second kappa shape index (κ2) is 10.7. The van der Waals surface area contributed by atoms with E-state index in [-0.39, 0.29) is 5.91 Å². The largest absolute Gasteiger partial charge is 0.368 e. The highest BCUT2D eigenvalue weighted by Crippen LogP contribution is 2.27. The Balaban J connectivity index is 1.14. The summed E-state index contributed by atoms with van der Waals surface area (Å²) in [5.74, 6) is -0.0486. The highest BCUT2D eigenvalue weighted by molar-refractivity contribution is 5.94. The Bertz CT molecular complexity index is 1000. The number of amides is 1. The molecule has 160 valence electrons. The molecule has 1 amide bonds. The molecule has 0 aliphatic carbocycles. The minimum atomic E-state index is -0.0486. The molecule has 1 aromatic heterocycles. The van der Waals surface area contributed by atoms with Crippen molar-refractivity contribution >= 4 is 28.4 Å². The third-order valence-corrected chi connectivity index (χ3v) is 5.79. The number of aromatic nitrogens is 1. The monoisotopic (exact) mass is 414 g/mol. The summed E-state index contributed by atoms with van der Waals surface area (Å²) in [5.41, 5.74) is 2.28. The topological polar surface area (TPSA) is 48.5 Å². The molecule has 1 fully saturated rings. The molecule has 31 heavy (non-hydrogen) atoms. The Kier molecular flexibility index (Phi) is 7.29. The fourth-order valence-corrected chi connectivity index (χ4v) is 4.07. The quantitative estimate of drug-likeness (QED) is 0.448. The van der Waals surface area contributed by atoms with Crippen LogP contribution in [0.1, 0.15) is 18.4 Å². The van der Waals surface area contributed by atoms with Gasteiger partial charge in [0.25, 0.3) is 0 Å². The second-order valence-electron chi connectivity index (χ2n) is 7.94. The minimum absolute atomic E-state index is 0.0486. The molecule has 0 saturated carbocycles. The first kappa shape index (κ1) is 21.1. The van der Waals surface area contributed by atoms with Gasteiger partial charge in [0.1, 0.15) is 0 Å². The van der Waals surface area contributed by atoms with Crippen LogP contribution < -0.4 is 10.2 Å². The lowest BCUT2D eigenvalue weighted by Crippen LogP contribution is -2.46. The van der Waals surface area contributed by atoms with Gasteiger partial charge in [0.15, 0.2) is 0 Å². The molecule has 0 bridgehead atoms. The standard InChI is InChI=1S/C26H30N4O/c31-26(13-12-22-7-6-14-27-21-22)28-15-3-4-16-29-17-19-30(20-18-29)25-11-5-9-23-8-1-2-10-24(23)25/h1-2,5-14,21H,3-4,15-20H2,(H,28,31). The lowest BCUT2D eigenvalue weighted by atomic mass is 10.1. The lowest BCUT2D eigenvalue weighted by molar-refractivity contribution is -0.116. The molecule has 2 heterocycles. The number of pyridine rings is 1. The molecule has 0 unspecified atom stereocenters. The molecule has 1 saturated heterocycles. The Labute approximate surface area is 184 Å². The van der Waals surface area contributed by atoms with E-state index in [9.17, 15) is 4.79 Å². The van der Waals surface area contributed by atoms with Crippen LogP contribution in [0.5, 0.6) is 0 Å². The molecule has 1 N–H and O–H groups in total. The first-order valence-electron chi connectivity index (χ1n) is 11.1. The summed E-state index contributed by atoms with van der Waals surface area (Å²) >= 11 is 0. The van der Waals surface area contributed by atoms with E-state index in [0.29, 0.717) is 6.54 Å². The predicted octanol–water partition coefficient (Wildman–Crippen LogP) is 3.97. The number of nitrogens with zero attached hydrogens (tertiary/aromatic N) is 3. The normalized spacial score (nSPS) is 14.9. The number of piperazine rings is 1. The minimum Gasteiger partial charge on any atom is -0.368 e. The third kappa shape index (κ3) is 5.92. The summed E-state index contributed by atoms with van der Waals surface area (Å²) < 4.78 is 0. The first-order valence-corrected chi connectivity index (χ1v) is 11.1. The van der Waals surface area contributed by atoms with Crippen molar-refractivity contribution in [2.75, 3.05) is 44.2 Å². The second-order valence-corrected chi connectivity index (χ2v) is 7.94. The summed E-state index contributed by atoms with van der Waals surface area (Å²) in [5, 5.41) is 5.61. The zero-order valence-electron chi connectivity index (χ0n) is 17.9. The van der Waals surface area contributed by atoms with Crippen LogP contribution in [0.3, 0.4) is 0 Å². The van der Waals surface area contributed by atoms with Crippen LogP contribution in [0.2, 0.25) is 0 Å². The van der Waals surface area contributed by atoms with Crippen molar-refractivity contribution < 1.29 is 4.79 Å². The number of anilines is 1. The Hall–Kier alpha value is -3.18. The van der Waals surface area contributed by atoms with Gasteiger partial charge in [-0.25, -0.2) is 0 Å². The number of carbonyl (C=O) groups is 1. The number of unbranched alkanes of at least 4 members (excludes halogenated alkanes) is 1. The predicted molar refractivity (Wildman–Crippen MR) is 128 cm³/mol. The number of fused-ring (bicyclic) bond motifs is 1. The molecule has 0 radical (unpaired) electrons. The molecule has 1 aliphatic rings. The summed E-state index contributed by atoms with van der Waals surface area (Å²) in [7, 11) is 0. The number of carbonyl (C=O) groups excluding carboxylic acids is 1. The van der Waals surface area contributed by atoms with Gasteiger partial charge in [-0.2, -0.15) is 0 Å². The van der Waals surface area contributed by atoms with E-state index in [2.05, 4.69) is 62.6 Å². The fourth-order valence-electron chi connectivity index (χ4n) is 4.07. The zero-order chi connectivity index (χ0) is 21.3. The molecular formula is C26H30N4O. The maximum Gasteiger partial charge on any atom is 0.243 e. The van der Waals surface area contributed by atoms with Crippen LogP contribution in [0.15, 0.2) is 73.1 Å². The molecule has 4 rings (SSSR count). The molecule has 1 aliphatic heterocycles. The van der Waals surface area contributed by atoms with E-state index < -0.39 is 0 Å². The number of nitrogens with one attached hydrogen (secondary N) is 1. The molecular weight excluding hydrogens is 384 g/mol. The van der Waals surface area contributed by atoms with Crippen LogP contribution in [-0.4, -0.2) is 55.1 Å². The van der Waals surface area contributed by atoms with E-state index in [1.807, 2.05) is 12.1 Å². The Morgan fingerprint density at radius 1 is 0.968 bits per heavy atom. The van der Waals surface area contributed by atoms with Crippen molar-refractivity contribution in [1.82, 2.24) is 15.2 Å². The Morgan fingerprint density at radius 2 is 1.81 bits per heavy atom. The summed E-state index contributed by atoms with van der Waals surface area (Å²) in [6, 6.07) is 19.0. The molecule has 0 atom stereocenters. The van der Waals surface area contributed by atoms with Gasteiger partial charge in [0, 0.05) is 62.3 Å². The van der Waals surface area contributed by atoms with Crippen LogP contribution in [-0.2, 0) is 4.79 Å². The van der Waals surface area contributed by atoms with E-state index in [1.54, 1.807) is 24.5 Å². The molecule has 5 heteroatoms. The summed E-state index contributed by atoms with van der Waals surface area (Å²) in [4.78, 5) is 21.0. The van der Waals surface area contributed by atoms with E-state index in [0.717, 1.165) is 51.1 Å². The fraction of sp³-hybridized carbons (Fsp3) is 0.308. The van der Waals surface area contributed by atoms with Crippen molar-refractivity contribution in [2.45, 2.75) is 12.8 Å². The average molecular weight is 415 g/mol. The van der Waals surface area contributed by atoms with Gasteiger partial charge in [0.05, 0.1) is 0 Å². The third-order valence-electron chi connectivity index (χ3n) is 5.79. The summed E-state index contributed by atoms with van der Waals surface area (Å²) in [6.07, 6.45) is 8.92. The van der Waals surface area contributed by atoms with Gasteiger partial charge in [-0.1, -0.05) is 42.5 Å². The number of hydrogen-bond donors (Lipinski definition) is 1. The van der Waals surface area contributed by atoms with Crippen LogP contribution in [0.25, 0.3) is 16.8 Å². The van der Waals surface area contributed by atoms with Crippen LogP contribution in [0, 0.1) is 0 Å². The van der Waals surface area contributed by atoms with Gasteiger partial charge in [-0.3, -0.25) is 14.7 Å². The number of benzene rings is 2. The number of rotatable bonds is 8. The van der Waals surface area contributed by atoms with E-state index in [1.165, 1.54) is 16.5 Å². The van der Waals surface area contributed by atoms with Crippen molar-refractivity contribution in [1.29, 1.82) is 0 Å². The maximum absolute atomic E-state index is 11.9. The van der Waals surface area contributed by atoms with Crippen molar-refractivity contribution in [2.24, 2.45) is 0 Å². The first-order chi connectivity index (χ1) is 15.3. The summed E-state index contributed by atoms with van der Waals surface area (Å²) in [6.45, 7) is 6.09. The van der Waals surface area contributed by atoms with Crippen molar-refractivity contribution in [3.63, 3.8) is 0 Å². The SMILES string of the molecule is O=C(C=Cc1cccnc1)NCCCCN1CCN(c2cccc3ccccc23)CC1. The van der Waals surface area contributed by atoms with E-state index in [4.69, 9.17) is 0 Å². The number of hydrogen-bond acceptors (Lipinski definition) is 4.